The highest BCUT2D eigenvalue weighted by Crippen LogP contribution is 2.45. The fourth-order valence-electron chi connectivity index (χ4n) is 5.05. The third kappa shape index (κ3) is 2.51. The smallest absolute Gasteiger partial charge is 0.340 e. The van der Waals surface area contributed by atoms with E-state index in [0.29, 0.717) is 43.0 Å². The van der Waals surface area contributed by atoms with Crippen LogP contribution >= 0.6 is 0 Å². The summed E-state index contributed by atoms with van der Waals surface area (Å²) < 4.78 is 16.6. The van der Waals surface area contributed by atoms with Gasteiger partial charge in [-0.25, -0.2) is 4.79 Å². The van der Waals surface area contributed by atoms with Crippen LogP contribution < -0.4 is 10.4 Å². The number of hydrogen-bond donors (Lipinski definition) is 0. The maximum atomic E-state index is 13.1. The normalized spacial score (nSPS) is 25.6. The highest BCUT2D eigenvalue weighted by Gasteiger charge is 2.62. The Bertz CT molecular complexity index is 1090. The fourth-order valence-corrected chi connectivity index (χ4v) is 5.05. The van der Waals surface area contributed by atoms with Crippen molar-refractivity contribution in [3.63, 3.8) is 0 Å². The molecule has 0 bridgehead atoms. The van der Waals surface area contributed by atoms with Gasteiger partial charge in [0.2, 0.25) is 11.8 Å². The predicted octanol–water partition coefficient (Wildman–Crippen LogP) is 1.21. The first-order chi connectivity index (χ1) is 13.9. The molecular formula is C21H22N2O6. The summed E-state index contributed by atoms with van der Waals surface area (Å²) in [5, 5.41) is 0.771. The van der Waals surface area contributed by atoms with E-state index >= 15 is 0 Å². The van der Waals surface area contributed by atoms with E-state index in [1.165, 1.54) is 0 Å². The van der Waals surface area contributed by atoms with Crippen LogP contribution in [0.15, 0.2) is 27.4 Å². The Hall–Kier alpha value is -2.87. The van der Waals surface area contributed by atoms with Crippen LogP contribution in [-0.4, -0.2) is 60.2 Å². The number of likely N-dealkylation sites (tertiary alicyclic amines) is 1. The fraction of sp³-hybridized carbons (Fsp3) is 0.476. The highest BCUT2D eigenvalue weighted by molar-refractivity contribution is 5.87. The maximum Gasteiger partial charge on any atom is 0.340 e. The third-order valence-electron chi connectivity index (χ3n) is 6.54. The molecule has 2 atom stereocenters. The van der Waals surface area contributed by atoms with Crippen molar-refractivity contribution in [2.24, 2.45) is 0 Å². The molecule has 3 aliphatic rings. The van der Waals surface area contributed by atoms with Crippen molar-refractivity contribution in [1.29, 1.82) is 0 Å². The van der Waals surface area contributed by atoms with Crippen LogP contribution in [0.25, 0.3) is 11.0 Å². The lowest BCUT2D eigenvalue weighted by molar-refractivity contribution is -0.139. The zero-order chi connectivity index (χ0) is 20.3. The van der Waals surface area contributed by atoms with Gasteiger partial charge in [-0.1, -0.05) is 0 Å². The molecule has 4 heterocycles. The van der Waals surface area contributed by atoms with Crippen molar-refractivity contribution in [1.82, 2.24) is 9.80 Å². The van der Waals surface area contributed by atoms with Crippen LogP contribution in [0.1, 0.15) is 24.0 Å². The molecule has 0 N–H and O–H groups in total. The lowest BCUT2D eigenvalue weighted by Crippen LogP contribution is -2.49. The van der Waals surface area contributed by atoms with Gasteiger partial charge in [-0.2, -0.15) is 0 Å². The summed E-state index contributed by atoms with van der Waals surface area (Å²) in [6, 6.07) is 4.99. The zero-order valence-corrected chi connectivity index (χ0v) is 16.4. The third-order valence-corrected chi connectivity index (χ3v) is 6.54. The first-order valence-electron chi connectivity index (χ1n) is 9.79. The van der Waals surface area contributed by atoms with Crippen LogP contribution in [-0.2, 0) is 20.7 Å². The Balaban J connectivity index is 1.45. The first kappa shape index (κ1) is 18.2. The monoisotopic (exact) mass is 398 g/mol. The van der Waals surface area contributed by atoms with Gasteiger partial charge in [-0.15, -0.1) is 0 Å². The number of rotatable bonds is 3. The molecule has 152 valence electrons. The average Bonchev–Trinajstić information content (AvgIpc) is 3.35. The summed E-state index contributed by atoms with van der Waals surface area (Å²) in [5.74, 6) is 0.443. The summed E-state index contributed by atoms with van der Waals surface area (Å²) in [6.45, 7) is 3.42. The molecule has 3 aliphatic heterocycles. The van der Waals surface area contributed by atoms with Gasteiger partial charge in [0.15, 0.2) is 5.72 Å². The number of aryl methyl sites for hydroxylation is 1. The molecule has 29 heavy (non-hydrogen) atoms. The lowest BCUT2D eigenvalue weighted by Gasteiger charge is -2.31. The molecule has 0 radical (unpaired) electrons. The molecule has 2 amide bonds. The Morgan fingerprint density at radius 2 is 2.14 bits per heavy atom. The summed E-state index contributed by atoms with van der Waals surface area (Å²) in [7, 11) is 1.55. The zero-order valence-electron chi connectivity index (χ0n) is 16.4. The molecule has 1 aromatic heterocycles. The molecule has 3 fully saturated rings. The Morgan fingerprint density at radius 1 is 1.31 bits per heavy atom. The predicted molar refractivity (Wildman–Crippen MR) is 103 cm³/mol. The van der Waals surface area contributed by atoms with Gasteiger partial charge in [0.05, 0.1) is 38.2 Å². The second kappa shape index (κ2) is 6.32. The van der Waals surface area contributed by atoms with Crippen LogP contribution in [0.2, 0.25) is 0 Å². The summed E-state index contributed by atoms with van der Waals surface area (Å²) in [6.07, 6.45) is 0.827. The summed E-state index contributed by atoms with van der Waals surface area (Å²) >= 11 is 0. The molecular weight excluding hydrogens is 376 g/mol. The minimum atomic E-state index is -0.674. The summed E-state index contributed by atoms with van der Waals surface area (Å²) in [5.41, 5.74) is 0.308. The van der Waals surface area contributed by atoms with Crippen LogP contribution in [0.3, 0.4) is 0 Å². The number of carbonyl (C=O) groups is 2. The van der Waals surface area contributed by atoms with Crippen molar-refractivity contribution in [2.45, 2.75) is 38.0 Å². The van der Waals surface area contributed by atoms with E-state index in [0.717, 1.165) is 10.9 Å². The van der Waals surface area contributed by atoms with Gasteiger partial charge in [-0.05, 0) is 24.6 Å². The highest BCUT2D eigenvalue weighted by atomic mass is 16.5. The molecule has 8 heteroatoms. The van der Waals surface area contributed by atoms with Crippen molar-refractivity contribution in [3.05, 3.63) is 39.7 Å². The average molecular weight is 398 g/mol. The summed E-state index contributed by atoms with van der Waals surface area (Å²) in [4.78, 5) is 41.5. The minimum absolute atomic E-state index is 0.0281. The Morgan fingerprint density at radius 3 is 2.93 bits per heavy atom. The van der Waals surface area contributed by atoms with Gasteiger partial charge in [-0.3, -0.25) is 9.59 Å². The number of hydrogen-bond acceptors (Lipinski definition) is 6. The van der Waals surface area contributed by atoms with E-state index in [4.69, 9.17) is 13.9 Å². The van der Waals surface area contributed by atoms with Gasteiger partial charge < -0.3 is 23.7 Å². The first-order valence-corrected chi connectivity index (χ1v) is 9.79. The van der Waals surface area contributed by atoms with Crippen molar-refractivity contribution in [2.75, 3.05) is 26.8 Å². The quantitative estimate of drug-likeness (QED) is 0.722. The number of fused-ring (bicyclic) bond motifs is 1. The van der Waals surface area contributed by atoms with Crippen LogP contribution in [0.4, 0.5) is 0 Å². The van der Waals surface area contributed by atoms with E-state index in [9.17, 15) is 14.4 Å². The lowest BCUT2D eigenvalue weighted by atomic mass is 10.0. The Kier molecular flexibility index (Phi) is 3.96. The van der Waals surface area contributed by atoms with E-state index < -0.39 is 11.4 Å². The Labute approximate surface area is 167 Å². The van der Waals surface area contributed by atoms with Crippen LogP contribution in [0, 0.1) is 6.92 Å². The number of carbonyl (C=O) groups excluding carboxylic acids is 2. The molecule has 1 spiro atoms. The molecule has 0 unspecified atom stereocenters. The number of benzene rings is 1. The molecule has 0 aliphatic carbocycles. The number of amides is 2. The van der Waals surface area contributed by atoms with Crippen molar-refractivity contribution >= 4 is 22.8 Å². The van der Waals surface area contributed by atoms with E-state index in [2.05, 4.69) is 0 Å². The van der Waals surface area contributed by atoms with E-state index in [-0.39, 0.29) is 30.7 Å². The maximum absolute atomic E-state index is 13.1. The number of ether oxygens (including phenoxy) is 2. The van der Waals surface area contributed by atoms with E-state index in [1.54, 1.807) is 29.0 Å². The molecule has 8 nitrogen and oxygen atoms in total. The number of nitrogens with zero attached hydrogens (tertiary/aromatic N) is 2. The van der Waals surface area contributed by atoms with Gasteiger partial charge in [0, 0.05) is 31.0 Å². The van der Waals surface area contributed by atoms with Gasteiger partial charge in [0.1, 0.15) is 11.3 Å². The van der Waals surface area contributed by atoms with Crippen molar-refractivity contribution in [3.8, 4) is 5.75 Å². The number of methoxy groups -OCH3 is 1. The second-order valence-corrected chi connectivity index (χ2v) is 7.83. The standard InChI is InChI=1S/C21H22N2O6/c1-12-14-4-3-13(27-2)9-16(14)29-20(26)15(12)10-18(24)22-6-5-21-17(22)11-19(25)23(21)7-8-28-21/h3-4,9,17H,5-8,10-11H2,1-2H3/t17-,21+/m1/s1. The largest absolute Gasteiger partial charge is 0.497 e. The minimum Gasteiger partial charge on any atom is -0.497 e. The second-order valence-electron chi connectivity index (χ2n) is 7.83. The molecule has 2 aromatic rings. The van der Waals surface area contributed by atoms with Gasteiger partial charge in [0.25, 0.3) is 0 Å². The molecule has 5 rings (SSSR count). The topological polar surface area (TPSA) is 89.3 Å². The van der Waals surface area contributed by atoms with Gasteiger partial charge >= 0.3 is 5.63 Å². The van der Waals surface area contributed by atoms with Crippen molar-refractivity contribution < 1.29 is 23.5 Å². The molecule has 0 saturated carbocycles. The molecule has 1 aromatic carbocycles. The molecule has 3 saturated heterocycles. The van der Waals surface area contributed by atoms with Crippen LogP contribution in [0.5, 0.6) is 5.75 Å². The van der Waals surface area contributed by atoms with E-state index in [1.807, 2.05) is 13.0 Å². The SMILES string of the molecule is COc1ccc2c(C)c(CC(=O)N3CC[C@@]45OCCN4C(=O)C[C@@H]35)c(=O)oc2c1.